The van der Waals surface area contributed by atoms with Gasteiger partial charge < -0.3 is 15.0 Å². The summed E-state index contributed by atoms with van der Waals surface area (Å²) in [5.74, 6) is 0.0761. The zero-order valence-electron chi connectivity index (χ0n) is 14.4. The molecule has 0 bridgehead atoms. The van der Waals surface area contributed by atoms with Crippen LogP contribution in [0.1, 0.15) is 40.5 Å². The fourth-order valence-electron chi connectivity index (χ4n) is 3.96. The summed E-state index contributed by atoms with van der Waals surface area (Å²) in [6, 6.07) is 0.512. The molecule has 0 unspecified atom stereocenters. The van der Waals surface area contributed by atoms with Gasteiger partial charge in [0.05, 0.1) is 6.61 Å². The number of hydrogen-bond acceptors (Lipinski definition) is 4. The first-order chi connectivity index (χ1) is 9.60. The zero-order valence-corrected chi connectivity index (χ0v) is 14.4. The molecule has 2 fully saturated rings. The van der Waals surface area contributed by atoms with Crippen LogP contribution in [-0.2, 0) is 9.53 Å². The highest BCUT2D eigenvalue weighted by Gasteiger charge is 2.41. The Hall–Kier alpha value is -0.650. The molecule has 1 N–H and O–H groups in total. The number of morpholine rings is 1. The molecule has 2 aliphatic rings. The first kappa shape index (κ1) is 16.7. The first-order valence-corrected chi connectivity index (χ1v) is 7.96. The van der Waals surface area contributed by atoms with Crippen LogP contribution >= 0.6 is 0 Å². The molecular formula is C16H31N3O2. The lowest BCUT2D eigenvalue weighted by Gasteiger charge is -2.51. The van der Waals surface area contributed by atoms with E-state index < -0.39 is 0 Å². The lowest BCUT2D eigenvalue weighted by atomic mass is 9.79. The van der Waals surface area contributed by atoms with Crippen molar-refractivity contribution >= 4 is 5.91 Å². The Labute approximate surface area is 129 Å². The standard InChI is InChI=1S/C16H31N3O2/c1-15(2)9-12(10-16(3,4)17-15)19-7-8-21-13(11-19)14(20)18(5)6/h12-13,17H,7-11H2,1-6H3/t13-/m0/s1. The largest absolute Gasteiger partial charge is 0.366 e. The monoisotopic (exact) mass is 297 g/mol. The molecule has 122 valence electrons. The summed E-state index contributed by atoms with van der Waals surface area (Å²) in [4.78, 5) is 16.2. The number of nitrogens with zero attached hydrogens (tertiary/aromatic N) is 2. The molecule has 2 aliphatic heterocycles. The topological polar surface area (TPSA) is 44.8 Å². The molecule has 0 saturated carbocycles. The zero-order chi connectivity index (χ0) is 15.8. The van der Waals surface area contributed by atoms with Crippen LogP contribution in [0, 0.1) is 0 Å². The van der Waals surface area contributed by atoms with Crippen molar-refractivity contribution in [1.29, 1.82) is 0 Å². The third kappa shape index (κ3) is 4.18. The van der Waals surface area contributed by atoms with E-state index in [2.05, 4.69) is 37.9 Å². The van der Waals surface area contributed by atoms with E-state index in [9.17, 15) is 4.79 Å². The predicted octanol–water partition coefficient (Wildman–Crippen LogP) is 1.08. The van der Waals surface area contributed by atoms with E-state index >= 15 is 0 Å². The molecule has 0 aliphatic carbocycles. The summed E-state index contributed by atoms with van der Waals surface area (Å²) in [6.07, 6.45) is 1.91. The highest BCUT2D eigenvalue weighted by molar-refractivity contribution is 5.80. The van der Waals surface area contributed by atoms with Crippen molar-refractivity contribution in [2.24, 2.45) is 0 Å². The third-order valence-corrected chi connectivity index (χ3v) is 4.50. The summed E-state index contributed by atoms with van der Waals surface area (Å²) < 4.78 is 5.68. The van der Waals surface area contributed by atoms with Crippen molar-refractivity contribution in [2.45, 2.75) is 63.8 Å². The highest BCUT2D eigenvalue weighted by atomic mass is 16.5. The van der Waals surface area contributed by atoms with Gasteiger partial charge >= 0.3 is 0 Å². The Morgan fingerprint density at radius 2 is 1.76 bits per heavy atom. The maximum absolute atomic E-state index is 12.1. The number of rotatable bonds is 2. The summed E-state index contributed by atoms with van der Waals surface area (Å²) in [5.41, 5.74) is 0.261. The summed E-state index contributed by atoms with van der Waals surface area (Å²) in [7, 11) is 3.59. The number of nitrogens with one attached hydrogen (secondary N) is 1. The van der Waals surface area contributed by atoms with Gasteiger partial charge in [-0.3, -0.25) is 9.69 Å². The molecule has 5 nitrogen and oxygen atoms in total. The molecule has 0 aromatic heterocycles. The lowest BCUT2D eigenvalue weighted by molar-refractivity contribution is -0.149. The van der Waals surface area contributed by atoms with Gasteiger partial charge in [0.1, 0.15) is 6.10 Å². The van der Waals surface area contributed by atoms with Gasteiger partial charge in [0.2, 0.25) is 0 Å². The number of hydrogen-bond donors (Lipinski definition) is 1. The van der Waals surface area contributed by atoms with Gasteiger partial charge in [0, 0.05) is 44.3 Å². The minimum Gasteiger partial charge on any atom is -0.366 e. The Bertz CT molecular complexity index is 377. The van der Waals surface area contributed by atoms with Crippen molar-refractivity contribution in [2.75, 3.05) is 33.8 Å². The SMILES string of the molecule is CN(C)C(=O)[C@@H]1CN(C2CC(C)(C)NC(C)(C)C2)CCO1. The fourth-order valence-corrected chi connectivity index (χ4v) is 3.96. The molecule has 21 heavy (non-hydrogen) atoms. The van der Waals surface area contributed by atoms with E-state index in [1.165, 1.54) is 0 Å². The molecule has 2 heterocycles. The van der Waals surface area contributed by atoms with E-state index in [1.807, 2.05) is 0 Å². The van der Waals surface area contributed by atoms with Crippen LogP contribution in [0.5, 0.6) is 0 Å². The van der Waals surface area contributed by atoms with Gasteiger partial charge in [-0.2, -0.15) is 0 Å². The first-order valence-electron chi connectivity index (χ1n) is 7.96. The van der Waals surface area contributed by atoms with Crippen LogP contribution in [0.2, 0.25) is 0 Å². The Morgan fingerprint density at radius 3 is 2.29 bits per heavy atom. The van der Waals surface area contributed by atoms with Crippen LogP contribution in [-0.4, -0.2) is 72.7 Å². The lowest BCUT2D eigenvalue weighted by Crippen LogP contribution is -2.64. The van der Waals surface area contributed by atoms with E-state index in [1.54, 1.807) is 19.0 Å². The van der Waals surface area contributed by atoms with Crippen LogP contribution < -0.4 is 5.32 Å². The highest BCUT2D eigenvalue weighted by Crippen LogP contribution is 2.32. The van der Waals surface area contributed by atoms with E-state index in [4.69, 9.17) is 4.74 Å². The maximum atomic E-state index is 12.1. The molecule has 2 rings (SSSR count). The van der Waals surface area contributed by atoms with Gasteiger partial charge in [0.25, 0.3) is 5.91 Å². The number of likely N-dealkylation sites (N-methyl/N-ethyl adjacent to an activating group) is 1. The molecule has 0 aromatic rings. The van der Waals surface area contributed by atoms with Crippen molar-refractivity contribution in [3.63, 3.8) is 0 Å². The summed E-state index contributed by atoms with van der Waals surface area (Å²) >= 11 is 0. The molecular weight excluding hydrogens is 266 g/mol. The normalized spacial score (nSPS) is 30.1. The van der Waals surface area contributed by atoms with E-state index in [0.717, 1.165) is 19.4 Å². The average Bonchev–Trinajstić information content (AvgIpc) is 2.34. The number of amides is 1. The van der Waals surface area contributed by atoms with Crippen LogP contribution in [0.3, 0.4) is 0 Å². The second-order valence-electron chi connectivity index (χ2n) is 8.04. The minimum absolute atomic E-state index is 0.0761. The molecule has 2 saturated heterocycles. The smallest absolute Gasteiger partial charge is 0.252 e. The van der Waals surface area contributed by atoms with Gasteiger partial charge in [-0.15, -0.1) is 0 Å². The van der Waals surface area contributed by atoms with E-state index in [0.29, 0.717) is 19.2 Å². The number of carbonyl (C=O) groups is 1. The minimum atomic E-state index is -0.310. The number of piperidine rings is 1. The van der Waals surface area contributed by atoms with Gasteiger partial charge in [-0.1, -0.05) is 0 Å². The summed E-state index contributed by atoms with van der Waals surface area (Å²) in [5, 5.41) is 3.72. The average molecular weight is 297 g/mol. The van der Waals surface area contributed by atoms with Gasteiger partial charge in [-0.25, -0.2) is 0 Å². The maximum Gasteiger partial charge on any atom is 0.252 e. The van der Waals surface area contributed by atoms with Crippen molar-refractivity contribution < 1.29 is 9.53 Å². The van der Waals surface area contributed by atoms with Crippen molar-refractivity contribution in [3.05, 3.63) is 0 Å². The van der Waals surface area contributed by atoms with Gasteiger partial charge in [0.15, 0.2) is 0 Å². The third-order valence-electron chi connectivity index (χ3n) is 4.50. The Kier molecular flexibility index (Phi) is 4.66. The van der Waals surface area contributed by atoms with Crippen LogP contribution in [0.15, 0.2) is 0 Å². The number of carbonyl (C=O) groups excluding carboxylic acids is 1. The molecule has 0 spiro atoms. The van der Waals surface area contributed by atoms with Crippen LogP contribution in [0.4, 0.5) is 0 Å². The van der Waals surface area contributed by atoms with Gasteiger partial charge in [-0.05, 0) is 40.5 Å². The molecule has 1 atom stereocenters. The van der Waals surface area contributed by atoms with Crippen LogP contribution in [0.25, 0.3) is 0 Å². The quantitative estimate of drug-likeness (QED) is 0.828. The fraction of sp³-hybridized carbons (Fsp3) is 0.938. The predicted molar refractivity (Wildman–Crippen MR) is 84.3 cm³/mol. The molecule has 1 amide bonds. The van der Waals surface area contributed by atoms with Crippen molar-refractivity contribution in [1.82, 2.24) is 15.1 Å². The second-order valence-corrected chi connectivity index (χ2v) is 8.04. The number of ether oxygens (including phenoxy) is 1. The molecule has 5 heteroatoms. The second kappa shape index (κ2) is 5.86. The molecule has 0 aromatic carbocycles. The van der Waals surface area contributed by atoms with E-state index in [-0.39, 0.29) is 23.1 Å². The molecule has 0 radical (unpaired) electrons. The summed E-state index contributed by atoms with van der Waals surface area (Å²) in [6.45, 7) is 11.4. The Balaban J connectivity index is 2.05. The van der Waals surface area contributed by atoms with Crippen molar-refractivity contribution in [3.8, 4) is 0 Å². The Morgan fingerprint density at radius 1 is 1.19 bits per heavy atom.